The molecule has 4 aromatic rings. The Bertz CT molecular complexity index is 1590. The van der Waals surface area contributed by atoms with Crippen LogP contribution in [0.4, 0.5) is 16.2 Å². The summed E-state index contributed by atoms with van der Waals surface area (Å²) in [5.41, 5.74) is 3.36. The minimum Gasteiger partial charge on any atom is -0.494 e. The number of likely N-dealkylation sites (N-methyl/N-ethyl adjacent to an activating group) is 1. The summed E-state index contributed by atoms with van der Waals surface area (Å²) in [6.45, 7) is 0. The molecule has 0 aliphatic carbocycles. The average Bonchev–Trinajstić information content (AvgIpc) is 3.32. The molecule has 2 heterocycles. The average molecular weight is 481 g/mol. The molecule has 0 radical (unpaired) electrons. The topological polar surface area (TPSA) is 141 Å². The summed E-state index contributed by atoms with van der Waals surface area (Å²) in [4.78, 5) is 43.4. The van der Waals surface area contributed by atoms with Gasteiger partial charge in [0.25, 0.3) is 11.6 Å². The zero-order chi connectivity index (χ0) is 25.4. The van der Waals surface area contributed by atoms with Crippen molar-refractivity contribution in [3.05, 3.63) is 105 Å². The number of imide groups is 1. The number of H-pyrrole nitrogens is 1. The van der Waals surface area contributed by atoms with Gasteiger partial charge in [0.1, 0.15) is 5.70 Å². The van der Waals surface area contributed by atoms with Crippen LogP contribution in [-0.4, -0.2) is 44.6 Å². The molecule has 1 aliphatic rings. The maximum Gasteiger partial charge on any atom is 0.328 e. The van der Waals surface area contributed by atoms with E-state index in [2.05, 4.69) is 10.3 Å². The van der Waals surface area contributed by atoms with Crippen molar-refractivity contribution < 1.29 is 19.6 Å². The molecule has 0 unspecified atom stereocenters. The molecule has 3 N–H and O–H groups in total. The molecule has 10 nitrogen and oxygen atoms in total. The van der Waals surface area contributed by atoms with Gasteiger partial charge in [-0.2, -0.15) is 0 Å². The number of carbonyl (C=O) groups excluding carboxylic acids is 2. The smallest absolute Gasteiger partial charge is 0.328 e. The number of aromatic hydroxyl groups is 1. The second kappa shape index (κ2) is 8.84. The first kappa shape index (κ1) is 22.5. The van der Waals surface area contributed by atoms with E-state index in [0.29, 0.717) is 39.0 Å². The summed E-state index contributed by atoms with van der Waals surface area (Å²) in [5, 5.41) is 24.8. The van der Waals surface area contributed by atoms with E-state index < -0.39 is 16.9 Å². The molecule has 1 aromatic heterocycles. The summed E-state index contributed by atoms with van der Waals surface area (Å²) in [6, 6.07) is 20.0. The summed E-state index contributed by atoms with van der Waals surface area (Å²) in [7, 11) is 1.51. The molecule has 1 aliphatic heterocycles. The monoisotopic (exact) mass is 481 g/mol. The number of aromatic amines is 1. The quantitative estimate of drug-likeness (QED) is 0.127. The van der Waals surface area contributed by atoms with Gasteiger partial charge >= 0.3 is 6.03 Å². The van der Waals surface area contributed by atoms with E-state index in [-0.39, 0.29) is 17.3 Å². The molecule has 1 saturated heterocycles. The van der Waals surface area contributed by atoms with Crippen molar-refractivity contribution in [1.82, 2.24) is 15.2 Å². The normalized spacial score (nSPS) is 15.1. The molecule has 1 fully saturated rings. The number of rotatable bonds is 5. The number of fused-ring (bicyclic) bond motifs is 1. The van der Waals surface area contributed by atoms with E-state index in [9.17, 15) is 24.8 Å². The first-order chi connectivity index (χ1) is 17.3. The third-order valence-electron chi connectivity index (χ3n) is 5.81. The molecule has 0 saturated carbocycles. The third-order valence-corrected chi connectivity index (χ3v) is 5.81. The standard InChI is InChI=1S/C26H19N5O5/c1-30-21(24(32)29-26(30)34)13-15-7-9-17(10-8-15)27-23(16-5-3-2-4-6-16)22-19-14-18(31(35)36)11-12-20(19)28-25(22)33/h2-14,28,33H,1H3,(H,29,32,34)/b21-13-,27-23?. The zero-order valence-corrected chi connectivity index (χ0v) is 18.9. The fourth-order valence-electron chi connectivity index (χ4n) is 3.98. The van der Waals surface area contributed by atoms with Crippen molar-refractivity contribution >= 4 is 46.0 Å². The van der Waals surface area contributed by atoms with Crippen LogP contribution < -0.4 is 5.32 Å². The molecule has 36 heavy (non-hydrogen) atoms. The van der Waals surface area contributed by atoms with Gasteiger partial charge in [0.15, 0.2) is 5.88 Å². The number of aliphatic imine (C=N–C) groups is 1. The predicted octanol–water partition coefficient (Wildman–Crippen LogP) is 4.47. The highest BCUT2D eigenvalue weighted by atomic mass is 16.6. The number of carbonyl (C=O) groups is 2. The van der Waals surface area contributed by atoms with Crippen LogP contribution in [0.1, 0.15) is 16.7 Å². The minimum atomic E-state index is -0.491. The van der Waals surface area contributed by atoms with Gasteiger partial charge < -0.3 is 10.1 Å². The first-order valence-electron chi connectivity index (χ1n) is 10.9. The highest BCUT2D eigenvalue weighted by Crippen LogP contribution is 2.33. The molecule has 0 bridgehead atoms. The number of non-ortho nitro benzene ring substituents is 1. The van der Waals surface area contributed by atoms with Gasteiger partial charge in [-0.3, -0.25) is 25.1 Å². The predicted molar refractivity (Wildman–Crippen MR) is 134 cm³/mol. The summed E-state index contributed by atoms with van der Waals surface area (Å²) in [5.74, 6) is -0.630. The van der Waals surface area contributed by atoms with E-state index in [0.717, 1.165) is 0 Å². The molecule has 5 rings (SSSR count). The van der Waals surface area contributed by atoms with Gasteiger partial charge in [-0.05, 0) is 29.8 Å². The van der Waals surface area contributed by atoms with Gasteiger partial charge in [-0.25, -0.2) is 9.79 Å². The number of nitrogens with zero attached hydrogens (tertiary/aromatic N) is 3. The Hall–Kier alpha value is -5.25. The molecule has 10 heteroatoms. The van der Waals surface area contributed by atoms with E-state index in [4.69, 9.17) is 4.99 Å². The number of benzene rings is 3. The number of nitro benzene ring substituents is 1. The number of nitrogens with one attached hydrogen (secondary N) is 2. The molecular formula is C26H19N5O5. The Balaban J connectivity index is 1.61. The fraction of sp³-hybridized carbons (Fsp3) is 0.0385. The largest absolute Gasteiger partial charge is 0.494 e. The highest BCUT2D eigenvalue weighted by Gasteiger charge is 2.29. The van der Waals surface area contributed by atoms with Crippen LogP contribution in [0.15, 0.2) is 83.5 Å². The maximum absolute atomic E-state index is 12.0. The van der Waals surface area contributed by atoms with Gasteiger partial charge in [-0.1, -0.05) is 42.5 Å². The van der Waals surface area contributed by atoms with Crippen LogP contribution in [0.5, 0.6) is 5.88 Å². The van der Waals surface area contributed by atoms with Crippen molar-refractivity contribution in [2.24, 2.45) is 4.99 Å². The van der Waals surface area contributed by atoms with Crippen molar-refractivity contribution in [1.29, 1.82) is 0 Å². The van der Waals surface area contributed by atoms with E-state index >= 15 is 0 Å². The third kappa shape index (κ3) is 4.07. The Morgan fingerprint density at radius 1 is 1.06 bits per heavy atom. The molecule has 3 amide bonds. The Labute approximate surface area is 204 Å². The highest BCUT2D eigenvalue weighted by molar-refractivity contribution is 6.22. The van der Waals surface area contributed by atoms with E-state index in [1.54, 1.807) is 36.4 Å². The van der Waals surface area contributed by atoms with E-state index in [1.807, 2.05) is 30.3 Å². The van der Waals surface area contributed by atoms with Gasteiger partial charge in [0.2, 0.25) is 0 Å². The number of aromatic nitrogens is 1. The lowest BCUT2D eigenvalue weighted by molar-refractivity contribution is -0.384. The molecule has 178 valence electrons. The molecule has 0 spiro atoms. The minimum absolute atomic E-state index is 0.105. The zero-order valence-electron chi connectivity index (χ0n) is 18.9. The number of hydrogen-bond acceptors (Lipinski definition) is 6. The second-order valence-electron chi connectivity index (χ2n) is 8.10. The SMILES string of the molecule is CN1C(=O)NC(=O)/C1=C/c1ccc(N=C(c2ccccc2)c2c(O)[nH]c3ccc([N+](=O)[O-])cc23)cc1. The van der Waals surface area contributed by atoms with Crippen LogP contribution in [-0.2, 0) is 4.79 Å². The van der Waals surface area contributed by atoms with Gasteiger partial charge in [-0.15, -0.1) is 0 Å². The van der Waals surface area contributed by atoms with Crippen LogP contribution in [0, 0.1) is 10.1 Å². The van der Waals surface area contributed by atoms with Crippen LogP contribution in [0.25, 0.3) is 17.0 Å². The van der Waals surface area contributed by atoms with Crippen molar-refractivity contribution in [3.63, 3.8) is 0 Å². The maximum atomic E-state index is 12.0. The fourth-order valence-corrected chi connectivity index (χ4v) is 3.98. The number of hydrogen-bond donors (Lipinski definition) is 3. The van der Waals surface area contributed by atoms with Crippen LogP contribution in [0.3, 0.4) is 0 Å². The van der Waals surface area contributed by atoms with Gasteiger partial charge in [0, 0.05) is 35.6 Å². The lowest BCUT2D eigenvalue weighted by atomic mass is 10.0. The molecular weight excluding hydrogens is 462 g/mol. The van der Waals surface area contributed by atoms with Gasteiger partial charge in [0.05, 0.1) is 21.9 Å². The number of urea groups is 1. The number of nitro groups is 1. The Morgan fingerprint density at radius 2 is 1.78 bits per heavy atom. The van der Waals surface area contributed by atoms with Crippen molar-refractivity contribution in [2.75, 3.05) is 7.05 Å². The number of amides is 3. The lowest BCUT2D eigenvalue weighted by Gasteiger charge is -2.09. The second-order valence-corrected chi connectivity index (χ2v) is 8.10. The first-order valence-corrected chi connectivity index (χ1v) is 10.9. The molecule has 3 aromatic carbocycles. The Morgan fingerprint density at radius 3 is 2.42 bits per heavy atom. The van der Waals surface area contributed by atoms with Crippen LogP contribution in [0.2, 0.25) is 0 Å². The summed E-state index contributed by atoms with van der Waals surface area (Å²) in [6.07, 6.45) is 1.59. The van der Waals surface area contributed by atoms with Crippen LogP contribution >= 0.6 is 0 Å². The summed E-state index contributed by atoms with van der Waals surface area (Å²) >= 11 is 0. The van der Waals surface area contributed by atoms with E-state index in [1.165, 1.54) is 24.1 Å². The van der Waals surface area contributed by atoms with Crippen molar-refractivity contribution in [2.45, 2.75) is 0 Å². The van der Waals surface area contributed by atoms with Crippen molar-refractivity contribution in [3.8, 4) is 5.88 Å². The Kier molecular flexibility index (Phi) is 5.53. The summed E-state index contributed by atoms with van der Waals surface area (Å²) < 4.78 is 0. The molecule has 0 atom stereocenters. The lowest BCUT2D eigenvalue weighted by Crippen LogP contribution is -2.24.